The first kappa shape index (κ1) is 21.1. The van der Waals surface area contributed by atoms with Crippen LogP contribution in [0.4, 0.5) is 5.69 Å². The fourth-order valence-corrected chi connectivity index (χ4v) is 7.05. The van der Waals surface area contributed by atoms with Gasteiger partial charge >= 0.3 is 0 Å². The van der Waals surface area contributed by atoms with Gasteiger partial charge in [-0.3, -0.25) is 4.31 Å². The second kappa shape index (κ2) is 7.84. The maximum Gasteiger partial charge on any atom is 0.264 e. The molecule has 2 heterocycles. The molecule has 2 aliphatic rings. The molecule has 4 rings (SSSR count). The van der Waals surface area contributed by atoms with Crippen molar-refractivity contribution in [2.75, 3.05) is 37.7 Å². The molecule has 30 heavy (non-hydrogen) atoms. The highest BCUT2D eigenvalue weighted by Crippen LogP contribution is 2.38. The third-order valence-electron chi connectivity index (χ3n) is 5.43. The van der Waals surface area contributed by atoms with E-state index < -0.39 is 20.0 Å². The van der Waals surface area contributed by atoms with Crippen LogP contribution >= 0.6 is 0 Å². The first-order valence-corrected chi connectivity index (χ1v) is 12.5. The zero-order valence-corrected chi connectivity index (χ0v) is 18.4. The molecule has 0 radical (unpaired) electrons. The molecule has 0 bridgehead atoms. The van der Waals surface area contributed by atoms with Crippen molar-refractivity contribution in [2.24, 2.45) is 0 Å². The number of sulfonamides is 2. The lowest BCUT2D eigenvalue weighted by atomic mass is 10.1. The summed E-state index contributed by atoms with van der Waals surface area (Å²) < 4.78 is 65.6. The topological polar surface area (TPSA) is 93.2 Å². The number of benzene rings is 2. The Morgan fingerprint density at radius 3 is 2.20 bits per heavy atom. The summed E-state index contributed by atoms with van der Waals surface area (Å²) in [5, 5.41) is 0. The van der Waals surface area contributed by atoms with Gasteiger partial charge in [0.1, 0.15) is 5.75 Å². The van der Waals surface area contributed by atoms with Crippen molar-refractivity contribution in [3.63, 3.8) is 0 Å². The lowest BCUT2D eigenvalue weighted by Crippen LogP contribution is -2.40. The lowest BCUT2D eigenvalue weighted by molar-refractivity contribution is 0.0730. The fraction of sp³-hybridized carbons (Fsp3) is 0.400. The monoisotopic (exact) mass is 452 g/mol. The zero-order chi connectivity index (χ0) is 21.5. The molecule has 0 spiro atoms. The molecule has 0 saturated carbocycles. The van der Waals surface area contributed by atoms with Gasteiger partial charge in [-0.1, -0.05) is 0 Å². The van der Waals surface area contributed by atoms with E-state index in [1.807, 2.05) is 6.92 Å². The van der Waals surface area contributed by atoms with E-state index in [9.17, 15) is 16.8 Å². The van der Waals surface area contributed by atoms with E-state index in [-0.39, 0.29) is 15.8 Å². The van der Waals surface area contributed by atoms with Crippen molar-refractivity contribution in [1.29, 1.82) is 0 Å². The van der Waals surface area contributed by atoms with Crippen molar-refractivity contribution in [2.45, 2.75) is 29.2 Å². The highest BCUT2D eigenvalue weighted by Gasteiger charge is 2.37. The Balaban J connectivity index is 1.68. The second-order valence-electron chi connectivity index (χ2n) is 7.34. The van der Waals surface area contributed by atoms with E-state index in [0.29, 0.717) is 49.7 Å². The molecule has 0 aliphatic carbocycles. The van der Waals surface area contributed by atoms with Crippen molar-refractivity contribution in [1.82, 2.24) is 4.31 Å². The molecule has 1 atom stereocenters. The smallest absolute Gasteiger partial charge is 0.264 e. The molecule has 10 heteroatoms. The number of morpholine rings is 1. The lowest BCUT2D eigenvalue weighted by Gasteiger charge is -2.26. The SMILES string of the molecule is COc1ccc(S(=O)(=O)N2c3ccc(S(=O)(=O)N4CCOCC4)cc3C[C@@H]2C)cc1. The summed E-state index contributed by atoms with van der Waals surface area (Å²) in [6.07, 6.45) is 0.442. The Hall–Kier alpha value is -2.14. The molecule has 1 saturated heterocycles. The summed E-state index contributed by atoms with van der Waals surface area (Å²) >= 11 is 0. The van der Waals surface area contributed by atoms with Gasteiger partial charge in [-0.05, 0) is 61.4 Å². The number of hydrogen-bond acceptors (Lipinski definition) is 6. The Kier molecular flexibility index (Phi) is 5.52. The third-order valence-corrected chi connectivity index (χ3v) is 9.27. The Morgan fingerprint density at radius 1 is 0.933 bits per heavy atom. The van der Waals surface area contributed by atoms with E-state index in [4.69, 9.17) is 9.47 Å². The van der Waals surface area contributed by atoms with Crippen LogP contribution in [0.1, 0.15) is 12.5 Å². The minimum atomic E-state index is -3.79. The minimum Gasteiger partial charge on any atom is -0.497 e. The summed E-state index contributed by atoms with van der Waals surface area (Å²) in [6.45, 7) is 3.18. The third kappa shape index (κ3) is 3.58. The quantitative estimate of drug-likeness (QED) is 0.688. The number of fused-ring (bicyclic) bond motifs is 1. The molecule has 0 aromatic heterocycles. The van der Waals surface area contributed by atoms with E-state index in [1.54, 1.807) is 24.3 Å². The van der Waals surface area contributed by atoms with Crippen LogP contribution in [0.3, 0.4) is 0 Å². The zero-order valence-electron chi connectivity index (χ0n) is 16.8. The molecule has 162 valence electrons. The molecular weight excluding hydrogens is 428 g/mol. The van der Waals surface area contributed by atoms with Crippen LogP contribution in [-0.2, 0) is 31.2 Å². The average molecular weight is 453 g/mol. The van der Waals surface area contributed by atoms with Crippen molar-refractivity contribution >= 4 is 25.7 Å². The predicted octanol–water partition coefficient (Wildman–Crippen LogP) is 1.86. The molecule has 2 aliphatic heterocycles. The van der Waals surface area contributed by atoms with Crippen LogP contribution in [0.15, 0.2) is 52.3 Å². The highest BCUT2D eigenvalue weighted by atomic mass is 32.2. The molecular formula is C20H24N2O6S2. The number of rotatable bonds is 5. The minimum absolute atomic E-state index is 0.160. The van der Waals surface area contributed by atoms with Gasteiger partial charge in [0.25, 0.3) is 10.0 Å². The van der Waals surface area contributed by atoms with Gasteiger partial charge in [0, 0.05) is 19.1 Å². The van der Waals surface area contributed by atoms with Crippen LogP contribution < -0.4 is 9.04 Å². The summed E-state index contributed by atoms with van der Waals surface area (Å²) in [7, 11) is -5.92. The summed E-state index contributed by atoms with van der Waals surface area (Å²) in [5.74, 6) is 0.571. The van der Waals surface area contributed by atoms with Gasteiger partial charge < -0.3 is 9.47 Å². The van der Waals surface area contributed by atoms with E-state index in [1.165, 1.54) is 33.9 Å². The number of anilines is 1. The normalized spacial score (nSPS) is 20.2. The maximum atomic E-state index is 13.3. The molecule has 0 N–H and O–H groups in total. The largest absolute Gasteiger partial charge is 0.497 e. The molecule has 0 unspecified atom stereocenters. The van der Waals surface area contributed by atoms with Gasteiger partial charge in [-0.2, -0.15) is 4.31 Å². The van der Waals surface area contributed by atoms with Gasteiger partial charge in [-0.25, -0.2) is 16.8 Å². The first-order chi connectivity index (χ1) is 14.2. The average Bonchev–Trinajstić information content (AvgIpc) is 3.10. The van der Waals surface area contributed by atoms with Crippen LogP contribution in [0.2, 0.25) is 0 Å². The number of hydrogen-bond donors (Lipinski definition) is 0. The summed E-state index contributed by atoms with van der Waals surface area (Å²) in [4.78, 5) is 0.340. The van der Waals surface area contributed by atoms with Crippen LogP contribution in [0, 0.1) is 0 Å². The molecule has 0 amide bonds. The molecule has 2 aromatic carbocycles. The van der Waals surface area contributed by atoms with E-state index in [0.717, 1.165) is 0 Å². The van der Waals surface area contributed by atoms with Crippen LogP contribution in [0.5, 0.6) is 5.75 Å². The predicted molar refractivity (Wildman–Crippen MR) is 112 cm³/mol. The van der Waals surface area contributed by atoms with Gasteiger partial charge in [0.15, 0.2) is 0 Å². The number of ether oxygens (including phenoxy) is 2. The first-order valence-electron chi connectivity index (χ1n) is 9.64. The molecule has 8 nitrogen and oxygen atoms in total. The van der Waals surface area contributed by atoms with Crippen LogP contribution in [-0.4, -0.2) is 60.6 Å². The Labute approximate surface area is 177 Å². The van der Waals surface area contributed by atoms with Crippen molar-refractivity contribution in [3.8, 4) is 5.75 Å². The standard InChI is InChI=1S/C20H24N2O6S2/c1-15-13-16-14-19(29(23,24)21-9-11-28-12-10-21)7-8-20(16)22(15)30(25,26)18-5-3-17(27-2)4-6-18/h3-8,14-15H,9-13H2,1-2H3/t15-/m0/s1. The highest BCUT2D eigenvalue weighted by molar-refractivity contribution is 7.93. The van der Waals surface area contributed by atoms with Gasteiger partial charge in [0.2, 0.25) is 10.0 Å². The van der Waals surface area contributed by atoms with Gasteiger partial charge in [0.05, 0.1) is 35.8 Å². The molecule has 1 fully saturated rings. The van der Waals surface area contributed by atoms with E-state index in [2.05, 4.69) is 0 Å². The number of methoxy groups -OCH3 is 1. The molecule has 2 aromatic rings. The van der Waals surface area contributed by atoms with Crippen molar-refractivity contribution in [3.05, 3.63) is 48.0 Å². The Bertz CT molecular complexity index is 1140. The summed E-state index contributed by atoms with van der Waals surface area (Å²) in [5.41, 5.74) is 1.22. The van der Waals surface area contributed by atoms with Crippen molar-refractivity contribution < 1.29 is 26.3 Å². The second-order valence-corrected chi connectivity index (χ2v) is 11.1. The summed E-state index contributed by atoms with van der Waals surface area (Å²) in [6, 6.07) is 10.6. The van der Waals surface area contributed by atoms with Gasteiger partial charge in [-0.15, -0.1) is 0 Å². The maximum absolute atomic E-state index is 13.3. The Morgan fingerprint density at radius 2 is 1.57 bits per heavy atom. The van der Waals surface area contributed by atoms with Crippen LogP contribution in [0.25, 0.3) is 0 Å². The number of nitrogens with zero attached hydrogens (tertiary/aromatic N) is 2. The van der Waals surface area contributed by atoms with E-state index >= 15 is 0 Å². The fourth-order valence-electron chi connectivity index (χ4n) is 3.90.